The Balaban J connectivity index is 1.87. The Hall–Kier alpha value is -3.98. The van der Waals surface area contributed by atoms with Crippen molar-refractivity contribution in [2.75, 3.05) is 0 Å². The Morgan fingerprint density at radius 2 is 1.32 bits per heavy atom. The number of rotatable bonds is 5. The maximum atomic E-state index is 13.9. The van der Waals surface area contributed by atoms with Crippen molar-refractivity contribution in [1.82, 2.24) is 9.55 Å². The second kappa shape index (κ2) is 9.11. The van der Waals surface area contributed by atoms with Crippen LogP contribution in [-0.4, -0.2) is 9.55 Å². The van der Waals surface area contributed by atoms with Gasteiger partial charge in [0, 0.05) is 29.1 Å². The molecule has 0 unspecified atom stereocenters. The van der Waals surface area contributed by atoms with E-state index in [4.69, 9.17) is 4.98 Å². The van der Waals surface area contributed by atoms with E-state index in [0.717, 1.165) is 44.9 Å². The third kappa shape index (κ3) is 4.06. The van der Waals surface area contributed by atoms with Gasteiger partial charge in [-0.25, -0.2) is 9.37 Å². The predicted molar refractivity (Wildman–Crippen MR) is 139 cm³/mol. The summed E-state index contributed by atoms with van der Waals surface area (Å²) in [5.41, 5.74) is 8.69. The number of aromatic nitrogens is 2. The summed E-state index contributed by atoms with van der Waals surface area (Å²) in [6.45, 7) is 6.38. The van der Waals surface area contributed by atoms with Gasteiger partial charge in [0.2, 0.25) is 0 Å². The average molecular weight is 447 g/mol. The number of halogens is 1. The summed E-state index contributed by atoms with van der Waals surface area (Å²) in [5, 5.41) is 0. The first kappa shape index (κ1) is 21.8. The van der Waals surface area contributed by atoms with Crippen LogP contribution in [-0.2, 0) is 0 Å². The number of hydrogen-bond acceptors (Lipinski definition) is 1. The summed E-state index contributed by atoms with van der Waals surface area (Å²) < 4.78 is 16.0. The molecular formula is C31H27FN2. The zero-order valence-corrected chi connectivity index (χ0v) is 19.7. The van der Waals surface area contributed by atoms with Crippen molar-refractivity contribution in [3.05, 3.63) is 120 Å². The second-order valence-electron chi connectivity index (χ2n) is 8.93. The van der Waals surface area contributed by atoms with Gasteiger partial charge in [-0.1, -0.05) is 74.5 Å². The van der Waals surface area contributed by atoms with Crippen LogP contribution in [0.5, 0.6) is 0 Å². The first-order chi connectivity index (χ1) is 16.5. The minimum absolute atomic E-state index is 0.240. The van der Waals surface area contributed by atoms with Crippen LogP contribution in [0.15, 0.2) is 103 Å². The highest BCUT2D eigenvalue weighted by molar-refractivity contribution is 5.87. The minimum Gasteiger partial charge on any atom is -0.299 e. The number of aryl methyl sites for hydroxylation is 1. The van der Waals surface area contributed by atoms with Crippen LogP contribution in [0.2, 0.25) is 0 Å². The fraction of sp³-hybridized carbons (Fsp3) is 0.129. The number of benzene rings is 4. The van der Waals surface area contributed by atoms with Crippen LogP contribution in [0.25, 0.3) is 39.3 Å². The van der Waals surface area contributed by atoms with Crippen LogP contribution < -0.4 is 0 Å². The Morgan fingerprint density at radius 3 is 1.85 bits per heavy atom. The molecule has 5 aromatic rings. The van der Waals surface area contributed by atoms with E-state index >= 15 is 0 Å². The van der Waals surface area contributed by atoms with E-state index in [2.05, 4.69) is 79.1 Å². The number of nitrogens with zero attached hydrogens (tertiary/aromatic N) is 2. The highest BCUT2D eigenvalue weighted by Crippen LogP contribution is 2.40. The molecule has 0 aliphatic heterocycles. The van der Waals surface area contributed by atoms with Gasteiger partial charge < -0.3 is 0 Å². The Morgan fingerprint density at radius 1 is 0.735 bits per heavy atom. The standard InChI is InChI=1S/C31H27FN2/c1-21(2)25-19-28(23-10-6-4-7-11-23)30(29(20-25)24-12-8-5-9-13-24)34-17-16-33-31(34)27-15-14-26(32)18-22(27)3/h4-21H,1-3H3. The highest BCUT2D eigenvalue weighted by Gasteiger charge is 2.20. The molecule has 0 radical (unpaired) electrons. The maximum absolute atomic E-state index is 13.9. The quantitative estimate of drug-likeness (QED) is 0.265. The maximum Gasteiger partial charge on any atom is 0.144 e. The summed E-state index contributed by atoms with van der Waals surface area (Å²) in [6, 6.07) is 30.4. The molecule has 5 rings (SSSR count). The molecule has 0 saturated heterocycles. The molecule has 0 bridgehead atoms. The van der Waals surface area contributed by atoms with E-state index in [9.17, 15) is 4.39 Å². The first-order valence-corrected chi connectivity index (χ1v) is 11.6. The molecule has 1 aromatic heterocycles. The highest BCUT2D eigenvalue weighted by atomic mass is 19.1. The smallest absolute Gasteiger partial charge is 0.144 e. The summed E-state index contributed by atoms with van der Waals surface area (Å²) >= 11 is 0. The molecule has 0 spiro atoms. The summed E-state index contributed by atoms with van der Waals surface area (Å²) in [5.74, 6) is 0.931. The SMILES string of the molecule is Cc1cc(F)ccc1-c1nccn1-c1c(-c2ccccc2)cc(C(C)C)cc1-c1ccccc1. The van der Waals surface area contributed by atoms with Gasteiger partial charge in [0.15, 0.2) is 0 Å². The topological polar surface area (TPSA) is 17.8 Å². The minimum atomic E-state index is -0.240. The van der Waals surface area contributed by atoms with Crippen molar-refractivity contribution in [3.8, 4) is 39.3 Å². The van der Waals surface area contributed by atoms with E-state index in [1.54, 1.807) is 6.07 Å². The molecule has 4 aromatic carbocycles. The second-order valence-corrected chi connectivity index (χ2v) is 8.93. The molecule has 0 atom stereocenters. The van der Waals surface area contributed by atoms with Gasteiger partial charge in [-0.05, 0) is 65.4 Å². The lowest BCUT2D eigenvalue weighted by atomic mass is 9.89. The van der Waals surface area contributed by atoms with Crippen LogP contribution in [0.4, 0.5) is 4.39 Å². The van der Waals surface area contributed by atoms with Crippen LogP contribution in [0.1, 0.15) is 30.9 Å². The van der Waals surface area contributed by atoms with E-state index in [1.165, 1.54) is 11.6 Å². The van der Waals surface area contributed by atoms with Crippen LogP contribution in [0, 0.1) is 12.7 Å². The van der Waals surface area contributed by atoms with Crippen molar-refractivity contribution < 1.29 is 4.39 Å². The van der Waals surface area contributed by atoms with Gasteiger partial charge in [0.05, 0.1) is 5.69 Å². The van der Waals surface area contributed by atoms with E-state index in [-0.39, 0.29) is 5.82 Å². The Bertz CT molecular complexity index is 1370. The first-order valence-electron chi connectivity index (χ1n) is 11.6. The monoisotopic (exact) mass is 446 g/mol. The van der Waals surface area contributed by atoms with Crippen LogP contribution >= 0.6 is 0 Å². The van der Waals surface area contributed by atoms with Crippen molar-refractivity contribution >= 4 is 0 Å². The third-order valence-corrected chi connectivity index (χ3v) is 6.28. The van der Waals surface area contributed by atoms with Crippen LogP contribution in [0.3, 0.4) is 0 Å². The fourth-order valence-corrected chi connectivity index (χ4v) is 4.49. The lowest BCUT2D eigenvalue weighted by molar-refractivity contribution is 0.627. The predicted octanol–water partition coefficient (Wildman–Crippen LogP) is 8.44. The fourth-order valence-electron chi connectivity index (χ4n) is 4.49. The van der Waals surface area contributed by atoms with Gasteiger partial charge in [-0.3, -0.25) is 4.57 Å². The average Bonchev–Trinajstić information content (AvgIpc) is 3.33. The molecule has 2 nitrogen and oxygen atoms in total. The van der Waals surface area contributed by atoms with Crippen molar-refractivity contribution in [1.29, 1.82) is 0 Å². The van der Waals surface area contributed by atoms with E-state index < -0.39 is 0 Å². The van der Waals surface area contributed by atoms with Gasteiger partial charge in [0.25, 0.3) is 0 Å². The van der Waals surface area contributed by atoms with Gasteiger partial charge >= 0.3 is 0 Å². The normalized spacial score (nSPS) is 11.2. The molecule has 0 aliphatic rings. The largest absolute Gasteiger partial charge is 0.299 e. The lowest BCUT2D eigenvalue weighted by Gasteiger charge is -2.22. The third-order valence-electron chi connectivity index (χ3n) is 6.28. The lowest BCUT2D eigenvalue weighted by Crippen LogP contribution is -2.04. The molecule has 0 fully saturated rings. The summed E-state index contributed by atoms with van der Waals surface area (Å²) in [4.78, 5) is 4.72. The van der Waals surface area contributed by atoms with Crippen molar-refractivity contribution in [2.24, 2.45) is 0 Å². The number of hydrogen-bond donors (Lipinski definition) is 0. The van der Waals surface area contributed by atoms with Gasteiger partial charge in [-0.2, -0.15) is 0 Å². The van der Waals surface area contributed by atoms with Crippen molar-refractivity contribution in [2.45, 2.75) is 26.7 Å². The Labute approximate surface area is 200 Å². The molecule has 34 heavy (non-hydrogen) atoms. The molecule has 0 N–H and O–H groups in total. The van der Waals surface area contributed by atoms with Gasteiger partial charge in [0.1, 0.15) is 11.6 Å². The zero-order valence-electron chi connectivity index (χ0n) is 19.7. The van der Waals surface area contributed by atoms with E-state index in [1.807, 2.05) is 37.5 Å². The Kier molecular flexibility index (Phi) is 5.85. The zero-order chi connectivity index (χ0) is 23.7. The summed E-state index contributed by atoms with van der Waals surface area (Å²) in [6.07, 6.45) is 3.82. The molecule has 0 amide bonds. The van der Waals surface area contributed by atoms with Gasteiger partial charge in [-0.15, -0.1) is 0 Å². The molecule has 0 saturated carbocycles. The van der Waals surface area contributed by atoms with E-state index in [0.29, 0.717) is 5.92 Å². The number of imidazole rings is 1. The molecule has 168 valence electrons. The molecular weight excluding hydrogens is 419 g/mol. The molecule has 1 heterocycles. The molecule has 3 heteroatoms. The van der Waals surface area contributed by atoms with Crippen molar-refractivity contribution in [3.63, 3.8) is 0 Å². The molecule has 0 aliphatic carbocycles. The summed E-state index contributed by atoms with van der Waals surface area (Å²) in [7, 11) is 0.